The molecule has 0 atom stereocenters. The van der Waals surface area contributed by atoms with Crippen molar-refractivity contribution < 1.29 is 14.3 Å². The molecule has 0 bridgehead atoms. The third-order valence-electron chi connectivity index (χ3n) is 1.44. The Kier molecular flexibility index (Phi) is 3.82. The second-order valence-electron chi connectivity index (χ2n) is 2.40. The van der Waals surface area contributed by atoms with E-state index in [1.54, 1.807) is 18.2 Å². The van der Waals surface area contributed by atoms with Crippen LogP contribution in [0.2, 0.25) is 0 Å². The normalized spacial score (nSPS) is 9.69. The first-order valence-electron chi connectivity index (χ1n) is 3.65. The lowest BCUT2D eigenvalue weighted by molar-refractivity contribution is -0.183. The molecular formula is C8H7BrFNO2. The van der Waals surface area contributed by atoms with Crippen molar-refractivity contribution in [3.05, 3.63) is 28.5 Å². The van der Waals surface area contributed by atoms with Crippen LogP contribution in [-0.2, 0) is 16.2 Å². The topological polar surface area (TPSA) is 39.2 Å². The Morgan fingerprint density at radius 3 is 3.00 bits per heavy atom. The fourth-order valence-electron chi connectivity index (χ4n) is 0.858. The van der Waals surface area contributed by atoms with Crippen LogP contribution >= 0.6 is 15.9 Å². The first-order valence-corrected chi connectivity index (χ1v) is 4.44. The summed E-state index contributed by atoms with van der Waals surface area (Å²) in [5, 5.41) is 0. The molecule has 0 spiro atoms. The van der Waals surface area contributed by atoms with E-state index in [-0.39, 0.29) is 6.42 Å². The molecule has 0 N–H and O–H groups in total. The minimum Gasteiger partial charge on any atom is -0.255 e. The maximum atomic E-state index is 11.3. The zero-order chi connectivity index (χ0) is 9.68. The summed E-state index contributed by atoms with van der Waals surface area (Å²) in [6.45, 7) is 0. The van der Waals surface area contributed by atoms with Crippen molar-refractivity contribution in [2.75, 3.05) is 0 Å². The van der Waals surface area contributed by atoms with Crippen LogP contribution in [0.15, 0.2) is 22.8 Å². The van der Waals surface area contributed by atoms with Gasteiger partial charge in [0, 0.05) is 16.6 Å². The third kappa shape index (κ3) is 3.50. The van der Waals surface area contributed by atoms with Crippen LogP contribution in [-0.4, -0.2) is 11.0 Å². The highest BCUT2D eigenvalue weighted by Crippen LogP contribution is 2.08. The van der Waals surface area contributed by atoms with Gasteiger partial charge in [-0.1, -0.05) is 6.07 Å². The van der Waals surface area contributed by atoms with Crippen LogP contribution in [0.5, 0.6) is 0 Å². The summed E-state index contributed by atoms with van der Waals surface area (Å²) < 4.78 is 12.0. The van der Waals surface area contributed by atoms with Crippen molar-refractivity contribution in [3.8, 4) is 0 Å². The molecule has 1 aromatic rings. The Morgan fingerprint density at radius 2 is 2.38 bits per heavy atom. The van der Waals surface area contributed by atoms with Gasteiger partial charge in [0.05, 0.1) is 6.42 Å². The van der Waals surface area contributed by atoms with Crippen LogP contribution < -0.4 is 0 Å². The van der Waals surface area contributed by atoms with Gasteiger partial charge in [-0.3, -0.25) is 4.94 Å². The molecule has 0 amide bonds. The maximum absolute atomic E-state index is 11.3. The fraction of sp³-hybridized carbons (Fsp3) is 0.250. The molecule has 0 aliphatic rings. The monoisotopic (exact) mass is 247 g/mol. The first kappa shape index (κ1) is 10.1. The standard InChI is InChI=1S/C8H7BrFNO2/c9-7-3-1-2-6(11-7)4-5-8(12)13-10/h1-3H,4-5H2. The van der Waals surface area contributed by atoms with E-state index in [1.165, 1.54) is 0 Å². The lowest BCUT2D eigenvalue weighted by atomic mass is 10.2. The number of hydrogen-bond donors (Lipinski definition) is 0. The molecule has 5 heteroatoms. The molecule has 0 saturated heterocycles. The van der Waals surface area contributed by atoms with E-state index in [1.807, 2.05) is 0 Å². The summed E-state index contributed by atoms with van der Waals surface area (Å²) >= 11 is 3.18. The maximum Gasteiger partial charge on any atom is 0.349 e. The van der Waals surface area contributed by atoms with Crippen LogP contribution in [0.25, 0.3) is 0 Å². The number of aryl methyl sites for hydroxylation is 1. The lowest BCUT2D eigenvalue weighted by Gasteiger charge is -1.97. The highest BCUT2D eigenvalue weighted by Gasteiger charge is 2.04. The second-order valence-corrected chi connectivity index (χ2v) is 3.21. The first-order chi connectivity index (χ1) is 6.22. The number of rotatable bonds is 3. The Labute approximate surface area is 83.0 Å². The van der Waals surface area contributed by atoms with Gasteiger partial charge in [0.2, 0.25) is 0 Å². The number of halogens is 2. The third-order valence-corrected chi connectivity index (χ3v) is 1.89. The van der Waals surface area contributed by atoms with Gasteiger partial charge >= 0.3 is 5.97 Å². The second kappa shape index (κ2) is 4.91. The molecule has 0 unspecified atom stereocenters. The van der Waals surface area contributed by atoms with Crippen LogP contribution in [0.3, 0.4) is 0 Å². The van der Waals surface area contributed by atoms with Gasteiger partial charge in [0.25, 0.3) is 0 Å². The number of aromatic nitrogens is 1. The van der Waals surface area contributed by atoms with E-state index in [0.29, 0.717) is 11.0 Å². The SMILES string of the molecule is O=C(CCc1cccc(Br)n1)OF. The number of carbonyl (C=O) groups excluding carboxylic acids is 1. The van der Waals surface area contributed by atoms with Crippen LogP contribution in [0, 0.1) is 0 Å². The molecule has 1 aromatic heterocycles. The molecule has 1 rings (SSSR count). The molecule has 13 heavy (non-hydrogen) atoms. The molecule has 0 aliphatic carbocycles. The average molecular weight is 248 g/mol. The smallest absolute Gasteiger partial charge is 0.255 e. The van der Waals surface area contributed by atoms with E-state index < -0.39 is 5.97 Å². The quantitative estimate of drug-likeness (QED) is 0.769. The van der Waals surface area contributed by atoms with Crippen molar-refractivity contribution >= 4 is 21.9 Å². The number of carbonyl (C=O) groups is 1. The Morgan fingerprint density at radius 1 is 1.62 bits per heavy atom. The van der Waals surface area contributed by atoms with Crippen LogP contribution in [0.4, 0.5) is 4.53 Å². The summed E-state index contributed by atoms with van der Waals surface area (Å²) in [7, 11) is 0. The average Bonchev–Trinajstić information content (AvgIpc) is 2.14. The largest absolute Gasteiger partial charge is 0.349 e. The summed E-state index contributed by atoms with van der Waals surface area (Å²) in [5.74, 6) is -0.873. The molecule has 0 fully saturated rings. The van der Waals surface area contributed by atoms with Gasteiger partial charge in [-0.25, -0.2) is 9.78 Å². The van der Waals surface area contributed by atoms with Gasteiger partial charge in [0.15, 0.2) is 0 Å². The van der Waals surface area contributed by atoms with Crippen molar-refractivity contribution in [2.45, 2.75) is 12.8 Å². The van der Waals surface area contributed by atoms with Crippen molar-refractivity contribution in [3.63, 3.8) is 0 Å². The fourth-order valence-corrected chi connectivity index (χ4v) is 1.24. The van der Waals surface area contributed by atoms with Crippen molar-refractivity contribution in [1.29, 1.82) is 0 Å². The number of nitrogens with zero attached hydrogens (tertiary/aromatic N) is 1. The molecule has 0 aromatic carbocycles. The van der Waals surface area contributed by atoms with Crippen LogP contribution in [0.1, 0.15) is 12.1 Å². The zero-order valence-electron chi connectivity index (χ0n) is 6.67. The minimum atomic E-state index is -0.873. The minimum absolute atomic E-state index is 0.0000463. The van der Waals surface area contributed by atoms with Gasteiger partial charge in [-0.15, -0.1) is 0 Å². The molecule has 70 valence electrons. The van der Waals surface area contributed by atoms with Gasteiger partial charge in [-0.2, -0.15) is 0 Å². The molecule has 3 nitrogen and oxygen atoms in total. The van der Waals surface area contributed by atoms with E-state index in [2.05, 4.69) is 25.9 Å². The predicted molar refractivity (Wildman–Crippen MR) is 47.5 cm³/mol. The number of hydrogen-bond acceptors (Lipinski definition) is 3. The Hall–Kier alpha value is -0.970. The highest BCUT2D eigenvalue weighted by molar-refractivity contribution is 9.10. The molecule has 0 aliphatic heterocycles. The molecule has 0 saturated carbocycles. The van der Waals surface area contributed by atoms with Gasteiger partial charge in [0.1, 0.15) is 4.60 Å². The van der Waals surface area contributed by atoms with E-state index >= 15 is 0 Å². The lowest BCUT2D eigenvalue weighted by Crippen LogP contribution is -2.00. The Balaban J connectivity index is 2.50. The highest BCUT2D eigenvalue weighted by atomic mass is 79.9. The molecule has 1 heterocycles. The Bertz CT molecular complexity index is 306. The van der Waals surface area contributed by atoms with E-state index in [9.17, 15) is 9.32 Å². The summed E-state index contributed by atoms with van der Waals surface area (Å²) in [4.78, 5) is 17.5. The number of pyridine rings is 1. The van der Waals surface area contributed by atoms with Gasteiger partial charge < -0.3 is 0 Å². The van der Waals surface area contributed by atoms with Crippen molar-refractivity contribution in [2.24, 2.45) is 0 Å². The summed E-state index contributed by atoms with van der Waals surface area (Å²) in [5.41, 5.74) is 0.722. The van der Waals surface area contributed by atoms with Gasteiger partial charge in [-0.05, 0) is 28.1 Å². The van der Waals surface area contributed by atoms with Crippen molar-refractivity contribution in [1.82, 2.24) is 4.98 Å². The van der Waals surface area contributed by atoms with E-state index in [4.69, 9.17) is 0 Å². The zero-order valence-corrected chi connectivity index (χ0v) is 8.25. The molecule has 0 radical (unpaired) electrons. The summed E-state index contributed by atoms with van der Waals surface area (Å²) in [6.07, 6.45) is 0.377. The summed E-state index contributed by atoms with van der Waals surface area (Å²) in [6, 6.07) is 5.33. The van der Waals surface area contributed by atoms with E-state index in [0.717, 1.165) is 5.69 Å². The predicted octanol–water partition coefficient (Wildman–Crippen LogP) is 2.20. The molecular weight excluding hydrogens is 241 g/mol.